The van der Waals surface area contributed by atoms with Crippen LogP contribution in [0.3, 0.4) is 0 Å². The number of nitrogens with zero attached hydrogens (tertiary/aromatic N) is 3. The summed E-state index contributed by atoms with van der Waals surface area (Å²) in [6, 6.07) is 10.3. The molecule has 1 aliphatic carbocycles. The van der Waals surface area contributed by atoms with Crippen molar-refractivity contribution in [1.29, 1.82) is 0 Å². The minimum Gasteiger partial charge on any atom is -0.294 e. The summed E-state index contributed by atoms with van der Waals surface area (Å²) in [6.45, 7) is 0. The molecule has 0 aromatic heterocycles. The monoisotopic (exact) mass is 414 g/mol. The fourth-order valence-electron chi connectivity index (χ4n) is 6.70. The van der Waals surface area contributed by atoms with E-state index in [2.05, 4.69) is 23.0 Å². The summed E-state index contributed by atoms with van der Waals surface area (Å²) in [7, 11) is 2.08. The molecule has 0 radical (unpaired) electrons. The van der Waals surface area contributed by atoms with Crippen LogP contribution in [-0.4, -0.2) is 47.2 Å². The fourth-order valence-corrected chi connectivity index (χ4v) is 6.97. The topological polar surface area (TPSA) is 32.7 Å². The highest BCUT2D eigenvalue weighted by Crippen LogP contribution is 2.47. The summed E-state index contributed by atoms with van der Waals surface area (Å²) >= 11 is 6.35. The molecule has 3 heterocycles. The number of aliphatic imine (C=N–C) groups is 1. The number of para-hydroxylation sites is 2. The van der Waals surface area contributed by atoms with E-state index in [1.165, 1.54) is 57.8 Å². The summed E-state index contributed by atoms with van der Waals surface area (Å²) in [6.07, 6.45) is 14.5. The van der Waals surface area contributed by atoms with Crippen molar-refractivity contribution in [3.63, 3.8) is 0 Å². The third kappa shape index (κ3) is 3.28. The van der Waals surface area contributed by atoms with Crippen LogP contribution in [0.1, 0.15) is 70.6 Å². The standard InChI is InChI=1S/C24H33ClN3O/c1-28(22-12-8-7-11-21(22)26-23(25)24(28)29)20-15-18-13-14-19(16-20)27(18)17-9-5-3-2-4-6-10-17/h7-8,11-12,17-20H,2-6,9-10,13-16H2,1H3/q+1/t18-,19?,20?,28?/m0/s1. The molecular formula is C24H33ClN3O+. The number of carbonyl (C=O) groups excluding carboxylic acids is 1. The molecule has 4 nitrogen and oxygen atoms in total. The van der Waals surface area contributed by atoms with Crippen molar-refractivity contribution in [1.82, 2.24) is 9.38 Å². The second kappa shape index (κ2) is 7.79. The number of amides is 1. The van der Waals surface area contributed by atoms with E-state index in [0.29, 0.717) is 16.6 Å². The quantitative estimate of drug-likeness (QED) is 0.595. The highest BCUT2D eigenvalue weighted by Gasteiger charge is 2.54. The van der Waals surface area contributed by atoms with Crippen LogP contribution >= 0.6 is 11.6 Å². The molecule has 1 aromatic rings. The molecule has 3 unspecified atom stereocenters. The van der Waals surface area contributed by atoms with Gasteiger partial charge in [-0.1, -0.05) is 55.8 Å². The first-order valence-corrected chi connectivity index (χ1v) is 12.0. The van der Waals surface area contributed by atoms with Crippen LogP contribution in [0.5, 0.6) is 0 Å². The number of halogens is 1. The van der Waals surface area contributed by atoms with Gasteiger partial charge in [-0.3, -0.25) is 4.90 Å². The number of fused-ring (bicyclic) bond motifs is 3. The molecule has 1 aromatic carbocycles. The third-order valence-electron chi connectivity index (χ3n) is 8.19. The van der Waals surface area contributed by atoms with Gasteiger partial charge in [-0.25, -0.2) is 14.3 Å². The number of quaternary nitrogens is 1. The molecule has 1 saturated carbocycles. The van der Waals surface area contributed by atoms with Crippen LogP contribution in [0, 0.1) is 0 Å². The predicted octanol–water partition coefficient (Wildman–Crippen LogP) is 5.54. The molecule has 0 spiro atoms. The number of benzene rings is 1. The van der Waals surface area contributed by atoms with E-state index in [-0.39, 0.29) is 17.1 Å². The van der Waals surface area contributed by atoms with Gasteiger partial charge in [0.15, 0.2) is 5.69 Å². The first-order valence-electron chi connectivity index (χ1n) is 11.6. The Morgan fingerprint density at radius 2 is 1.55 bits per heavy atom. The summed E-state index contributed by atoms with van der Waals surface area (Å²) in [4.78, 5) is 20.6. The van der Waals surface area contributed by atoms with Crippen LogP contribution in [0.2, 0.25) is 0 Å². The van der Waals surface area contributed by atoms with Crippen LogP contribution in [0.4, 0.5) is 11.4 Å². The Morgan fingerprint density at radius 3 is 2.24 bits per heavy atom. The van der Waals surface area contributed by atoms with Crippen molar-refractivity contribution in [3.8, 4) is 0 Å². The lowest BCUT2D eigenvalue weighted by molar-refractivity contribution is -0.125. The lowest BCUT2D eigenvalue weighted by Crippen LogP contribution is -2.65. The second-order valence-corrected chi connectivity index (χ2v) is 10.1. The summed E-state index contributed by atoms with van der Waals surface area (Å²) < 4.78 is 0.296. The van der Waals surface area contributed by atoms with E-state index >= 15 is 0 Å². The van der Waals surface area contributed by atoms with E-state index in [0.717, 1.165) is 30.3 Å². The lowest BCUT2D eigenvalue weighted by atomic mass is 9.88. The SMILES string of the molecule is C[N+]1(C2CC3CC[C@@H](C2)N3C2CCCCCCC2)C(=O)C(Cl)=Nc2ccccc21. The molecule has 156 valence electrons. The number of rotatable bonds is 2. The van der Waals surface area contributed by atoms with Crippen molar-refractivity contribution >= 4 is 34.1 Å². The first-order chi connectivity index (χ1) is 14.1. The highest BCUT2D eigenvalue weighted by atomic mass is 35.5. The van der Waals surface area contributed by atoms with Crippen LogP contribution in [0.25, 0.3) is 0 Å². The highest BCUT2D eigenvalue weighted by molar-refractivity contribution is 6.84. The van der Waals surface area contributed by atoms with E-state index in [9.17, 15) is 4.79 Å². The molecule has 2 saturated heterocycles. The largest absolute Gasteiger partial charge is 0.381 e. The van der Waals surface area contributed by atoms with Gasteiger partial charge >= 0.3 is 5.91 Å². The zero-order valence-corrected chi connectivity index (χ0v) is 18.3. The zero-order chi connectivity index (χ0) is 20.0. The van der Waals surface area contributed by atoms with Crippen molar-refractivity contribution in [3.05, 3.63) is 24.3 Å². The number of carbonyl (C=O) groups is 1. The van der Waals surface area contributed by atoms with Gasteiger partial charge in [0.2, 0.25) is 5.17 Å². The predicted molar refractivity (Wildman–Crippen MR) is 120 cm³/mol. The van der Waals surface area contributed by atoms with Gasteiger partial charge in [0.05, 0.1) is 7.05 Å². The fraction of sp³-hybridized carbons (Fsp3) is 0.667. The summed E-state index contributed by atoms with van der Waals surface area (Å²) in [5.74, 6) is -0.0332. The minimum atomic E-state index is -0.0332. The Hall–Kier alpha value is -1.23. The van der Waals surface area contributed by atoms with Crippen molar-refractivity contribution in [2.45, 2.75) is 94.8 Å². The van der Waals surface area contributed by atoms with E-state index in [4.69, 9.17) is 11.6 Å². The maximum atomic E-state index is 13.3. The van der Waals surface area contributed by atoms with Crippen molar-refractivity contribution < 1.29 is 4.79 Å². The second-order valence-electron chi connectivity index (χ2n) is 9.73. The van der Waals surface area contributed by atoms with Gasteiger partial charge in [0, 0.05) is 37.0 Å². The molecule has 29 heavy (non-hydrogen) atoms. The van der Waals surface area contributed by atoms with Gasteiger partial charge in [0.25, 0.3) is 0 Å². The number of piperidine rings is 1. The molecule has 4 aliphatic rings. The van der Waals surface area contributed by atoms with Crippen LogP contribution < -0.4 is 4.48 Å². The van der Waals surface area contributed by atoms with E-state index in [1.807, 2.05) is 18.2 Å². The Labute approximate surface area is 179 Å². The molecule has 5 heteroatoms. The Kier molecular flexibility index (Phi) is 5.30. The molecule has 1 amide bonds. The Balaban J connectivity index is 1.42. The third-order valence-corrected chi connectivity index (χ3v) is 8.44. The van der Waals surface area contributed by atoms with Gasteiger partial charge in [-0.2, -0.15) is 0 Å². The van der Waals surface area contributed by atoms with Gasteiger partial charge < -0.3 is 0 Å². The van der Waals surface area contributed by atoms with Gasteiger partial charge in [-0.15, -0.1) is 0 Å². The van der Waals surface area contributed by atoms with Crippen molar-refractivity contribution in [2.24, 2.45) is 4.99 Å². The smallest absolute Gasteiger partial charge is 0.294 e. The molecule has 5 rings (SSSR count). The van der Waals surface area contributed by atoms with E-state index in [1.54, 1.807) is 0 Å². The van der Waals surface area contributed by atoms with Gasteiger partial charge in [0.1, 0.15) is 11.7 Å². The maximum absolute atomic E-state index is 13.3. The molecule has 3 aliphatic heterocycles. The zero-order valence-electron chi connectivity index (χ0n) is 17.5. The molecule has 0 N–H and O–H groups in total. The Bertz CT molecular complexity index is 802. The minimum absolute atomic E-state index is 0.0332. The molecule has 4 atom stereocenters. The summed E-state index contributed by atoms with van der Waals surface area (Å²) in [5.41, 5.74) is 1.88. The number of hydrogen-bond donors (Lipinski definition) is 0. The van der Waals surface area contributed by atoms with Gasteiger partial charge in [-0.05, 0) is 31.7 Å². The molecule has 3 fully saturated rings. The lowest BCUT2D eigenvalue weighted by Gasteiger charge is -2.49. The maximum Gasteiger partial charge on any atom is 0.381 e. The molecule has 2 bridgehead atoms. The number of hydrogen-bond acceptors (Lipinski definition) is 3. The van der Waals surface area contributed by atoms with Crippen molar-refractivity contribution in [2.75, 3.05) is 7.05 Å². The average Bonchev–Trinajstić information content (AvgIpc) is 2.95. The average molecular weight is 415 g/mol. The summed E-state index contributed by atoms with van der Waals surface area (Å²) in [5, 5.41) is 0.140. The normalized spacial score (nSPS) is 36.3. The van der Waals surface area contributed by atoms with Crippen LogP contribution in [0.15, 0.2) is 29.3 Å². The molecular weight excluding hydrogens is 382 g/mol. The Morgan fingerprint density at radius 1 is 0.931 bits per heavy atom. The van der Waals surface area contributed by atoms with Crippen LogP contribution in [-0.2, 0) is 4.79 Å². The first kappa shape index (κ1) is 19.7. The van der Waals surface area contributed by atoms with E-state index < -0.39 is 0 Å².